The molecule has 0 bridgehead atoms. The molecule has 122 valence electrons. The van der Waals surface area contributed by atoms with E-state index >= 15 is 0 Å². The number of carbonyl (C=O) groups excluding carboxylic acids is 1. The molecule has 0 saturated carbocycles. The Hall–Kier alpha value is -3.58. The van der Waals surface area contributed by atoms with Crippen molar-refractivity contribution < 1.29 is 14.6 Å². The molecule has 4 heteroatoms. The first-order valence-corrected chi connectivity index (χ1v) is 7.72. The van der Waals surface area contributed by atoms with Gasteiger partial charge in [0.1, 0.15) is 12.4 Å². The van der Waals surface area contributed by atoms with Crippen molar-refractivity contribution in [2.24, 2.45) is 0 Å². The van der Waals surface area contributed by atoms with E-state index in [4.69, 9.17) is 10.00 Å². The van der Waals surface area contributed by atoms with Crippen molar-refractivity contribution >= 4 is 5.97 Å². The van der Waals surface area contributed by atoms with Crippen LogP contribution >= 0.6 is 0 Å². The van der Waals surface area contributed by atoms with E-state index in [1.165, 1.54) is 0 Å². The molecule has 0 aliphatic rings. The molecule has 4 nitrogen and oxygen atoms in total. The fourth-order valence-corrected chi connectivity index (χ4v) is 2.43. The third-order valence-corrected chi connectivity index (χ3v) is 3.82. The van der Waals surface area contributed by atoms with Crippen LogP contribution in [0.5, 0.6) is 5.75 Å². The summed E-state index contributed by atoms with van der Waals surface area (Å²) in [4.78, 5) is 12.2. The third kappa shape index (κ3) is 3.85. The summed E-state index contributed by atoms with van der Waals surface area (Å²) in [6, 6.07) is 23.0. The number of aromatic hydroxyl groups is 1. The van der Waals surface area contributed by atoms with Gasteiger partial charge in [0.05, 0.1) is 17.2 Å². The summed E-state index contributed by atoms with van der Waals surface area (Å²) in [6.45, 7) is 0.0578. The van der Waals surface area contributed by atoms with Crippen molar-refractivity contribution in [1.82, 2.24) is 0 Å². The molecule has 0 spiro atoms. The van der Waals surface area contributed by atoms with Crippen molar-refractivity contribution in [2.75, 3.05) is 0 Å². The van der Waals surface area contributed by atoms with Gasteiger partial charge in [0, 0.05) is 5.56 Å². The van der Waals surface area contributed by atoms with E-state index < -0.39 is 5.97 Å². The van der Waals surface area contributed by atoms with Gasteiger partial charge in [0.2, 0.25) is 0 Å². The van der Waals surface area contributed by atoms with Crippen LogP contribution in [-0.2, 0) is 11.3 Å². The summed E-state index contributed by atoms with van der Waals surface area (Å²) in [5.41, 5.74) is 3.50. The molecule has 3 rings (SSSR count). The normalized spacial score (nSPS) is 10.0. The summed E-state index contributed by atoms with van der Waals surface area (Å²) in [6.07, 6.45) is 0. The zero-order valence-corrected chi connectivity index (χ0v) is 13.3. The molecule has 3 aromatic rings. The lowest BCUT2D eigenvalue weighted by atomic mass is 10.0. The quantitative estimate of drug-likeness (QED) is 0.725. The van der Waals surface area contributed by atoms with E-state index in [-0.39, 0.29) is 12.4 Å². The second-order valence-corrected chi connectivity index (χ2v) is 5.47. The number of rotatable bonds is 4. The number of carbonyl (C=O) groups is 1. The lowest BCUT2D eigenvalue weighted by Crippen LogP contribution is -2.06. The van der Waals surface area contributed by atoms with E-state index in [1.807, 2.05) is 24.3 Å². The van der Waals surface area contributed by atoms with E-state index in [0.717, 1.165) is 11.1 Å². The number of phenolic OH excluding ortho intramolecular Hbond substituents is 1. The van der Waals surface area contributed by atoms with Gasteiger partial charge in [-0.25, -0.2) is 4.79 Å². The smallest absolute Gasteiger partial charge is 0.338 e. The Morgan fingerprint density at radius 3 is 2.16 bits per heavy atom. The highest BCUT2D eigenvalue weighted by Gasteiger charge is 2.09. The summed E-state index contributed by atoms with van der Waals surface area (Å²) >= 11 is 0. The Labute approximate surface area is 145 Å². The van der Waals surface area contributed by atoms with Crippen LogP contribution < -0.4 is 0 Å². The van der Waals surface area contributed by atoms with E-state index in [1.54, 1.807) is 48.5 Å². The number of benzene rings is 3. The third-order valence-electron chi connectivity index (χ3n) is 3.82. The summed E-state index contributed by atoms with van der Waals surface area (Å²) in [7, 11) is 0. The van der Waals surface area contributed by atoms with Gasteiger partial charge in [-0.1, -0.05) is 42.5 Å². The predicted octanol–water partition coefficient (Wildman–Crippen LogP) is 4.29. The maximum absolute atomic E-state index is 12.2. The minimum atomic E-state index is -0.440. The van der Waals surface area contributed by atoms with Crippen LogP contribution in [0.25, 0.3) is 11.1 Å². The Morgan fingerprint density at radius 1 is 0.920 bits per heavy atom. The molecule has 0 amide bonds. The van der Waals surface area contributed by atoms with Crippen molar-refractivity contribution in [3.05, 3.63) is 89.5 Å². The minimum Gasteiger partial charge on any atom is -0.508 e. The molecular formula is C21H15NO3. The molecule has 0 unspecified atom stereocenters. The minimum absolute atomic E-state index is 0.0578. The molecule has 0 heterocycles. The highest BCUT2D eigenvalue weighted by molar-refractivity contribution is 5.90. The van der Waals surface area contributed by atoms with Gasteiger partial charge in [-0.15, -0.1) is 0 Å². The average Bonchev–Trinajstić information content (AvgIpc) is 2.67. The fraction of sp³-hybridized carbons (Fsp3) is 0.0476. The Kier molecular flexibility index (Phi) is 4.77. The van der Waals surface area contributed by atoms with Crippen LogP contribution in [0, 0.1) is 11.3 Å². The SMILES string of the molecule is N#Cc1ccccc1COC(=O)c1ccc(-c2ccc(O)cc2)cc1. The molecule has 0 fully saturated rings. The molecular weight excluding hydrogens is 314 g/mol. The zero-order chi connectivity index (χ0) is 17.6. The molecule has 1 N–H and O–H groups in total. The van der Waals surface area contributed by atoms with Crippen LogP contribution in [0.4, 0.5) is 0 Å². The number of hydrogen-bond acceptors (Lipinski definition) is 4. The van der Waals surface area contributed by atoms with Crippen LogP contribution in [0.2, 0.25) is 0 Å². The van der Waals surface area contributed by atoms with Gasteiger partial charge in [-0.2, -0.15) is 5.26 Å². The Bertz CT molecular complexity index is 923. The van der Waals surface area contributed by atoms with Gasteiger partial charge < -0.3 is 9.84 Å². The highest BCUT2D eigenvalue weighted by atomic mass is 16.5. The maximum atomic E-state index is 12.2. The Balaban J connectivity index is 1.69. The van der Waals surface area contributed by atoms with Crippen molar-refractivity contribution in [3.63, 3.8) is 0 Å². The molecule has 0 radical (unpaired) electrons. The molecule has 25 heavy (non-hydrogen) atoms. The molecule has 0 aliphatic heterocycles. The zero-order valence-electron chi connectivity index (χ0n) is 13.3. The number of nitrogens with zero attached hydrogens (tertiary/aromatic N) is 1. The number of nitriles is 1. The standard InChI is InChI=1S/C21H15NO3/c22-13-18-3-1-2-4-19(18)14-25-21(24)17-7-5-15(6-8-17)16-9-11-20(23)12-10-16/h1-12,23H,14H2. The highest BCUT2D eigenvalue weighted by Crippen LogP contribution is 2.22. The molecule has 3 aromatic carbocycles. The first-order chi connectivity index (χ1) is 12.2. The fourth-order valence-electron chi connectivity index (χ4n) is 2.43. The lowest BCUT2D eigenvalue weighted by Gasteiger charge is -2.07. The van der Waals surface area contributed by atoms with Crippen LogP contribution in [0.1, 0.15) is 21.5 Å². The first-order valence-electron chi connectivity index (χ1n) is 7.72. The lowest BCUT2D eigenvalue weighted by molar-refractivity contribution is 0.0472. The largest absolute Gasteiger partial charge is 0.508 e. The van der Waals surface area contributed by atoms with Crippen LogP contribution in [0.3, 0.4) is 0 Å². The van der Waals surface area contributed by atoms with Crippen molar-refractivity contribution in [1.29, 1.82) is 5.26 Å². The second kappa shape index (κ2) is 7.33. The Morgan fingerprint density at radius 2 is 1.52 bits per heavy atom. The first kappa shape index (κ1) is 16.3. The summed E-state index contributed by atoms with van der Waals surface area (Å²) in [5, 5.41) is 18.4. The van der Waals surface area contributed by atoms with E-state index in [2.05, 4.69) is 6.07 Å². The molecule has 0 saturated heterocycles. The number of esters is 1. The topological polar surface area (TPSA) is 70.3 Å². The van der Waals surface area contributed by atoms with Crippen LogP contribution in [-0.4, -0.2) is 11.1 Å². The van der Waals surface area contributed by atoms with Crippen molar-refractivity contribution in [3.8, 4) is 22.9 Å². The second-order valence-electron chi connectivity index (χ2n) is 5.47. The molecule has 0 aliphatic carbocycles. The number of hydrogen-bond donors (Lipinski definition) is 1. The van der Waals surface area contributed by atoms with Gasteiger partial charge >= 0.3 is 5.97 Å². The van der Waals surface area contributed by atoms with Gasteiger partial charge in [-0.3, -0.25) is 0 Å². The van der Waals surface area contributed by atoms with Gasteiger partial charge in [0.15, 0.2) is 0 Å². The van der Waals surface area contributed by atoms with Crippen LogP contribution in [0.15, 0.2) is 72.8 Å². The van der Waals surface area contributed by atoms with Gasteiger partial charge in [-0.05, 0) is 41.5 Å². The van der Waals surface area contributed by atoms with Crippen molar-refractivity contribution in [2.45, 2.75) is 6.61 Å². The molecule has 0 aromatic heterocycles. The molecule has 0 atom stereocenters. The number of ether oxygens (including phenoxy) is 1. The summed E-state index contributed by atoms with van der Waals surface area (Å²) in [5.74, 6) is -0.230. The van der Waals surface area contributed by atoms with E-state index in [0.29, 0.717) is 16.7 Å². The summed E-state index contributed by atoms with van der Waals surface area (Å²) < 4.78 is 5.29. The van der Waals surface area contributed by atoms with Gasteiger partial charge in [0.25, 0.3) is 0 Å². The predicted molar refractivity (Wildman–Crippen MR) is 93.8 cm³/mol. The number of phenols is 1. The maximum Gasteiger partial charge on any atom is 0.338 e. The average molecular weight is 329 g/mol. The monoisotopic (exact) mass is 329 g/mol. The van der Waals surface area contributed by atoms with E-state index in [9.17, 15) is 9.90 Å².